The van der Waals surface area contributed by atoms with Crippen molar-refractivity contribution in [3.8, 4) is 10.4 Å². The van der Waals surface area contributed by atoms with E-state index in [4.69, 9.17) is 5.73 Å². The van der Waals surface area contributed by atoms with E-state index in [0.29, 0.717) is 4.88 Å². The number of rotatable bonds is 2. The average molecular weight is 205 g/mol. The second-order valence-corrected chi connectivity index (χ2v) is 3.77. The highest BCUT2D eigenvalue weighted by Gasteiger charge is 2.02. The van der Waals surface area contributed by atoms with Crippen molar-refractivity contribution in [2.45, 2.75) is 0 Å². The number of nitrogen functional groups attached to an aromatic ring is 1. The molecule has 0 saturated carbocycles. The van der Waals surface area contributed by atoms with E-state index in [-0.39, 0.29) is 5.95 Å². The lowest BCUT2D eigenvalue weighted by Crippen LogP contribution is -1.92. The van der Waals surface area contributed by atoms with Crippen molar-refractivity contribution in [1.82, 2.24) is 9.97 Å². The highest BCUT2D eigenvalue weighted by molar-refractivity contribution is 7.17. The standard InChI is InChI=1S/C9H7N3OS/c10-9-11-3-6(4-12-9)8-2-1-7(5-13)14-8/h1-5H,(H2,10,11,12). The molecular formula is C9H7N3OS. The van der Waals surface area contributed by atoms with Crippen LogP contribution in [-0.4, -0.2) is 16.3 Å². The van der Waals surface area contributed by atoms with Gasteiger partial charge in [-0.25, -0.2) is 9.97 Å². The fraction of sp³-hybridized carbons (Fsp3) is 0. The molecule has 14 heavy (non-hydrogen) atoms. The quantitative estimate of drug-likeness (QED) is 0.756. The molecule has 0 aliphatic carbocycles. The molecule has 0 amide bonds. The third kappa shape index (κ3) is 1.62. The van der Waals surface area contributed by atoms with Crippen LogP contribution in [0.3, 0.4) is 0 Å². The Balaban J connectivity index is 2.39. The van der Waals surface area contributed by atoms with Crippen LogP contribution < -0.4 is 5.73 Å². The van der Waals surface area contributed by atoms with Gasteiger partial charge < -0.3 is 5.73 Å². The van der Waals surface area contributed by atoms with Crippen LogP contribution in [0, 0.1) is 0 Å². The number of nitrogens with zero attached hydrogens (tertiary/aromatic N) is 2. The molecule has 0 radical (unpaired) electrons. The first-order valence-electron chi connectivity index (χ1n) is 3.92. The SMILES string of the molecule is Nc1ncc(-c2ccc(C=O)s2)cn1. The van der Waals surface area contributed by atoms with Gasteiger partial charge in [0.1, 0.15) is 0 Å². The summed E-state index contributed by atoms with van der Waals surface area (Å²) in [7, 11) is 0. The predicted molar refractivity (Wildman–Crippen MR) is 55.1 cm³/mol. The number of thiophene rings is 1. The molecular weight excluding hydrogens is 198 g/mol. The monoisotopic (exact) mass is 205 g/mol. The summed E-state index contributed by atoms with van der Waals surface area (Å²) in [4.78, 5) is 19.9. The third-order valence-electron chi connectivity index (χ3n) is 1.70. The Morgan fingerprint density at radius 1 is 1.29 bits per heavy atom. The minimum Gasteiger partial charge on any atom is -0.368 e. The summed E-state index contributed by atoms with van der Waals surface area (Å²) >= 11 is 1.40. The first-order valence-corrected chi connectivity index (χ1v) is 4.74. The highest BCUT2D eigenvalue weighted by Crippen LogP contribution is 2.26. The number of nitrogens with two attached hydrogens (primary N) is 1. The highest BCUT2D eigenvalue weighted by atomic mass is 32.1. The molecule has 2 aromatic heterocycles. The molecule has 0 aliphatic heterocycles. The van der Waals surface area contributed by atoms with Crippen molar-refractivity contribution in [2.24, 2.45) is 0 Å². The number of anilines is 1. The van der Waals surface area contributed by atoms with Gasteiger partial charge in [0.2, 0.25) is 5.95 Å². The molecule has 0 atom stereocenters. The molecule has 2 N–H and O–H groups in total. The van der Waals surface area contributed by atoms with E-state index < -0.39 is 0 Å². The van der Waals surface area contributed by atoms with Crippen LogP contribution in [0.2, 0.25) is 0 Å². The van der Waals surface area contributed by atoms with Crippen molar-refractivity contribution in [2.75, 3.05) is 5.73 Å². The minimum absolute atomic E-state index is 0.251. The number of aldehydes is 1. The van der Waals surface area contributed by atoms with Gasteiger partial charge in [-0.1, -0.05) is 0 Å². The van der Waals surface area contributed by atoms with Crippen LogP contribution in [0.25, 0.3) is 10.4 Å². The molecule has 0 bridgehead atoms. The summed E-state index contributed by atoms with van der Waals surface area (Å²) in [6.07, 6.45) is 4.11. The lowest BCUT2D eigenvalue weighted by molar-refractivity contribution is 0.112. The van der Waals surface area contributed by atoms with Crippen molar-refractivity contribution in [1.29, 1.82) is 0 Å². The van der Waals surface area contributed by atoms with Crippen LogP contribution in [-0.2, 0) is 0 Å². The Labute approximate surface area is 84.4 Å². The third-order valence-corrected chi connectivity index (χ3v) is 2.76. The summed E-state index contributed by atoms with van der Waals surface area (Å²) in [5.74, 6) is 0.251. The van der Waals surface area contributed by atoms with Crippen LogP contribution in [0.15, 0.2) is 24.5 Å². The zero-order valence-electron chi connectivity index (χ0n) is 7.18. The summed E-state index contributed by atoms with van der Waals surface area (Å²) in [5.41, 5.74) is 6.23. The van der Waals surface area contributed by atoms with Crippen molar-refractivity contribution < 1.29 is 4.79 Å². The molecule has 0 spiro atoms. The van der Waals surface area contributed by atoms with Crippen LogP contribution in [0.1, 0.15) is 9.67 Å². The smallest absolute Gasteiger partial charge is 0.219 e. The normalized spacial score (nSPS) is 10.0. The summed E-state index contributed by atoms with van der Waals surface area (Å²) in [6, 6.07) is 3.63. The Bertz CT molecular complexity index is 449. The Morgan fingerprint density at radius 2 is 2.00 bits per heavy atom. The molecule has 0 fully saturated rings. The van der Waals surface area contributed by atoms with E-state index >= 15 is 0 Å². The van der Waals surface area contributed by atoms with Gasteiger partial charge in [0, 0.05) is 22.8 Å². The van der Waals surface area contributed by atoms with Gasteiger partial charge >= 0.3 is 0 Å². The maximum atomic E-state index is 10.5. The van der Waals surface area contributed by atoms with E-state index in [1.165, 1.54) is 11.3 Å². The Kier molecular flexibility index (Phi) is 2.24. The van der Waals surface area contributed by atoms with Gasteiger partial charge in [-0.2, -0.15) is 0 Å². The van der Waals surface area contributed by atoms with Crippen LogP contribution >= 0.6 is 11.3 Å². The maximum absolute atomic E-state index is 10.5. The van der Waals surface area contributed by atoms with Gasteiger partial charge in [-0.3, -0.25) is 4.79 Å². The van der Waals surface area contributed by atoms with E-state index in [1.54, 1.807) is 18.5 Å². The number of hydrogen-bond acceptors (Lipinski definition) is 5. The predicted octanol–water partition coefficient (Wildman–Crippen LogP) is 1.60. The summed E-state index contributed by atoms with van der Waals surface area (Å²) in [5, 5.41) is 0. The molecule has 0 aliphatic rings. The van der Waals surface area contributed by atoms with Crippen molar-refractivity contribution >= 4 is 23.6 Å². The second-order valence-electron chi connectivity index (χ2n) is 2.65. The molecule has 70 valence electrons. The minimum atomic E-state index is 0.251. The lowest BCUT2D eigenvalue weighted by atomic mass is 10.3. The fourth-order valence-corrected chi connectivity index (χ4v) is 1.83. The summed E-state index contributed by atoms with van der Waals surface area (Å²) < 4.78 is 0. The van der Waals surface area contributed by atoms with Gasteiger partial charge in [0.05, 0.1) is 4.88 Å². The molecule has 5 heteroatoms. The van der Waals surface area contributed by atoms with Crippen LogP contribution in [0.5, 0.6) is 0 Å². The van der Waals surface area contributed by atoms with E-state index in [9.17, 15) is 4.79 Å². The van der Waals surface area contributed by atoms with Crippen molar-refractivity contribution in [3.05, 3.63) is 29.4 Å². The first kappa shape index (κ1) is 8.83. The molecule has 2 heterocycles. The topological polar surface area (TPSA) is 68.9 Å². The first-order chi connectivity index (χ1) is 6.79. The summed E-state index contributed by atoms with van der Waals surface area (Å²) in [6.45, 7) is 0. The Morgan fingerprint density at radius 3 is 2.57 bits per heavy atom. The number of carbonyl (C=O) groups is 1. The largest absolute Gasteiger partial charge is 0.368 e. The van der Waals surface area contributed by atoms with E-state index in [2.05, 4.69) is 9.97 Å². The number of hydrogen-bond donors (Lipinski definition) is 1. The van der Waals surface area contributed by atoms with Gasteiger partial charge in [0.25, 0.3) is 0 Å². The molecule has 0 saturated heterocycles. The van der Waals surface area contributed by atoms with Gasteiger partial charge in [-0.05, 0) is 12.1 Å². The van der Waals surface area contributed by atoms with Gasteiger partial charge in [-0.15, -0.1) is 11.3 Å². The fourth-order valence-electron chi connectivity index (χ4n) is 1.04. The molecule has 2 rings (SSSR count). The number of aromatic nitrogens is 2. The molecule has 2 aromatic rings. The zero-order chi connectivity index (χ0) is 9.97. The molecule has 4 nitrogen and oxygen atoms in total. The molecule has 0 aromatic carbocycles. The van der Waals surface area contributed by atoms with Crippen LogP contribution in [0.4, 0.5) is 5.95 Å². The van der Waals surface area contributed by atoms with Crippen molar-refractivity contribution in [3.63, 3.8) is 0 Å². The molecule has 0 unspecified atom stereocenters. The lowest BCUT2D eigenvalue weighted by Gasteiger charge is -1.95. The number of carbonyl (C=O) groups excluding carboxylic acids is 1. The Hall–Kier alpha value is -1.75. The van der Waals surface area contributed by atoms with E-state index in [0.717, 1.165) is 16.7 Å². The van der Waals surface area contributed by atoms with E-state index in [1.807, 2.05) is 6.07 Å². The second kappa shape index (κ2) is 3.55. The average Bonchev–Trinajstić information content (AvgIpc) is 2.67. The maximum Gasteiger partial charge on any atom is 0.219 e. The van der Waals surface area contributed by atoms with Gasteiger partial charge in [0.15, 0.2) is 6.29 Å². The zero-order valence-corrected chi connectivity index (χ0v) is 7.99.